The molecular weight excluding hydrogens is 302 g/mol. The molecule has 3 aromatic carbocycles. The van der Waals surface area contributed by atoms with Crippen molar-refractivity contribution in [2.45, 2.75) is 6.92 Å². The molecule has 0 aliphatic heterocycles. The van der Waals surface area contributed by atoms with E-state index in [0.29, 0.717) is 0 Å². The largest absolute Gasteiger partial charge is 0.246 e. The van der Waals surface area contributed by atoms with Crippen molar-refractivity contribution in [1.82, 2.24) is 4.98 Å². The van der Waals surface area contributed by atoms with E-state index in [9.17, 15) is 0 Å². The third-order valence-electron chi connectivity index (χ3n) is 4.13. The highest BCUT2D eigenvalue weighted by molar-refractivity contribution is 5.85. The Labute approximate surface area is 148 Å². The van der Waals surface area contributed by atoms with E-state index in [1.165, 1.54) is 5.56 Å². The van der Waals surface area contributed by atoms with Crippen LogP contribution in [0.2, 0.25) is 0 Å². The zero-order valence-corrected chi connectivity index (χ0v) is 14.0. The minimum absolute atomic E-state index is 0.931. The van der Waals surface area contributed by atoms with Crippen molar-refractivity contribution in [2.24, 2.45) is 0 Å². The predicted molar refractivity (Wildman–Crippen MR) is 104 cm³/mol. The molecule has 0 saturated carbocycles. The smallest absolute Gasteiger partial charge is 0.0866 e. The Bertz CT molecular complexity index is 1080. The van der Waals surface area contributed by atoms with Crippen LogP contribution < -0.4 is 0 Å². The Kier molecular flexibility index (Phi) is 4.02. The molecule has 4 aromatic rings. The van der Waals surface area contributed by atoms with E-state index in [4.69, 9.17) is 4.98 Å². The molecule has 0 fully saturated rings. The summed E-state index contributed by atoms with van der Waals surface area (Å²) in [5.74, 6) is 6.59. The Balaban J connectivity index is 1.92. The van der Waals surface area contributed by atoms with Crippen LogP contribution in [0.5, 0.6) is 0 Å². The highest BCUT2D eigenvalue weighted by atomic mass is 14.7. The van der Waals surface area contributed by atoms with E-state index < -0.39 is 0 Å². The molecule has 0 atom stereocenters. The summed E-state index contributed by atoms with van der Waals surface area (Å²) in [7, 11) is 0. The van der Waals surface area contributed by atoms with E-state index in [1.54, 1.807) is 0 Å². The summed E-state index contributed by atoms with van der Waals surface area (Å²) in [4.78, 5) is 4.90. The first kappa shape index (κ1) is 15.2. The van der Waals surface area contributed by atoms with Crippen molar-refractivity contribution in [1.29, 1.82) is 0 Å². The summed E-state index contributed by atoms with van der Waals surface area (Å²) in [6.07, 6.45) is 0. The van der Waals surface area contributed by atoms with Crippen LogP contribution in [-0.2, 0) is 0 Å². The van der Waals surface area contributed by atoms with Crippen LogP contribution in [0.25, 0.3) is 22.2 Å². The van der Waals surface area contributed by atoms with Gasteiger partial charge < -0.3 is 0 Å². The molecule has 0 bridgehead atoms. The van der Waals surface area contributed by atoms with Crippen LogP contribution in [0.4, 0.5) is 0 Å². The van der Waals surface area contributed by atoms with Gasteiger partial charge in [0.1, 0.15) is 0 Å². The second kappa shape index (κ2) is 6.63. The molecule has 1 heteroatoms. The van der Waals surface area contributed by atoms with Crippen LogP contribution >= 0.6 is 0 Å². The number of benzene rings is 3. The van der Waals surface area contributed by atoms with Gasteiger partial charge in [-0.3, -0.25) is 0 Å². The SMILES string of the molecule is Cc1ccc2nc(-c3ccccc3)c(C#Cc3ccccc3)cc2c1. The number of fused-ring (bicyclic) bond motifs is 1. The first-order valence-corrected chi connectivity index (χ1v) is 8.33. The predicted octanol–water partition coefficient (Wildman–Crippen LogP) is 5.61. The molecule has 1 aromatic heterocycles. The lowest BCUT2D eigenvalue weighted by Gasteiger charge is -2.07. The minimum atomic E-state index is 0.931. The summed E-state index contributed by atoms with van der Waals surface area (Å²) in [5.41, 5.74) is 6.19. The van der Waals surface area contributed by atoms with Gasteiger partial charge in [0.25, 0.3) is 0 Å². The number of hydrogen-bond donors (Lipinski definition) is 0. The Hall–Kier alpha value is -3.37. The lowest BCUT2D eigenvalue weighted by molar-refractivity contribution is 1.37. The lowest BCUT2D eigenvalue weighted by atomic mass is 10.0. The molecule has 0 radical (unpaired) electrons. The van der Waals surface area contributed by atoms with Gasteiger partial charge in [0.2, 0.25) is 0 Å². The second-order valence-electron chi connectivity index (χ2n) is 6.06. The van der Waals surface area contributed by atoms with Crippen LogP contribution in [0.3, 0.4) is 0 Å². The molecule has 0 spiro atoms. The maximum Gasteiger partial charge on any atom is 0.0866 e. The number of aryl methyl sites for hydroxylation is 1. The van der Waals surface area contributed by atoms with Gasteiger partial charge >= 0.3 is 0 Å². The second-order valence-corrected chi connectivity index (χ2v) is 6.06. The van der Waals surface area contributed by atoms with E-state index in [0.717, 1.165) is 33.3 Å². The Morgan fingerprint density at radius 3 is 2.20 bits per heavy atom. The maximum atomic E-state index is 4.90. The van der Waals surface area contributed by atoms with E-state index in [1.807, 2.05) is 48.5 Å². The number of hydrogen-bond acceptors (Lipinski definition) is 1. The molecule has 0 unspecified atom stereocenters. The van der Waals surface area contributed by atoms with Crippen molar-refractivity contribution >= 4 is 10.9 Å². The average molecular weight is 319 g/mol. The molecule has 0 amide bonds. The highest BCUT2D eigenvalue weighted by Crippen LogP contribution is 2.25. The molecule has 1 nitrogen and oxygen atoms in total. The van der Waals surface area contributed by atoms with Gasteiger partial charge in [-0.25, -0.2) is 4.98 Å². The molecule has 25 heavy (non-hydrogen) atoms. The van der Waals surface area contributed by atoms with E-state index in [2.05, 4.69) is 55.2 Å². The summed E-state index contributed by atoms with van der Waals surface area (Å²) >= 11 is 0. The van der Waals surface area contributed by atoms with Crippen molar-refractivity contribution in [3.63, 3.8) is 0 Å². The fourth-order valence-corrected chi connectivity index (χ4v) is 2.87. The number of nitrogens with zero attached hydrogens (tertiary/aromatic N) is 1. The van der Waals surface area contributed by atoms with Crippen molar-refractivity contribution < 1.29 is 0 Å². The number of rotatable bonds is 1. The van der Waals surface area contributed by atoms with E-state index >= 15 is 0 Å². The number of aromatic nitrogens is 1. The summed E-state index contributed by atoms with van der Waals surface area (Å²) in [6.45, 7) is 2.10. The zero-order valence-electron chi connectivity index (χ0n) is 14.0. The monoisotopic (exact) mass is 319 g/mol. The van der Waals surface area contributed by atoms with Gasteiger partial charge in [0.05, 0.1) is 16.8 Å². The Morgan fingerprint density at radius 2 is 1.44 bits per heavy atom. The molecule has 1 heterocycles. The molecule has 0 saturated heterocycles. The standard InChI is InChI=1S/C24H17N/c1-18-12-15-23-22(16-18)17-21(14-13-19-8-4-2-5-9-19)24(25-23)20-10-6-3-7-11-20/h2-12,15-17H,1H3. The summed E-state index contributed by atoms with van der Waals surface area (Å²) in [6, 6.07) is 28.8. The molecule has 0 aliphatic rings. The maximum absolute atomic E-state index is 4.90. The molecule has 4 rings (SSSR count). The van der Waals surface area contributed by atoms with Crippen LogP contribution in [-0.4, -0.2) is 4.98 Å². The van der Waals surface area contributed by atoms with Gasteiger partial charge in [-0.2, -0.15) is 0 Å². The molecule has 0 N–H and O–H groups in total. The lowest BCUT2D eigenvalue weighted by Crippen LogP contribution is -1.92. The van der Waals surface area contributed by atoms with Crippen molar-refractivity contribution in [2.75, 3.05) is 0 Å². The quantitative estimate of drug-likeness (QED) is 0.416. The van der Waals surface area contributed by atoms with Gasteiger partial charge in [0.15, 0.2) is 0 Å². The molecular formula is C24H17N. The summed E-state index contributed by atoms with van der Waals surface area (Å²) < 4.78 is 0. The summed E-state index contributed by atoms with van der Waals surface area (Å²) in [5, 5.41) is 1.12. The minimum Gasteiger partial charge on any atom is -0.246 e. The third-order valence-corrected chi connectivity index (χ3v) is 4.13. The normalized spacial score (nSPS) is 10.3. The average Bonchev–Trinajstić information content (AvgIpc) is 2.67. The van der Waals surface area contributed by atoms with E-state index in [-0.39, 0.29) is 0 Å². The fourth-order valence-electron chi connectivity index (χ4n) is 2.87. The third kappa shape index (κ3) is 3.29. The van der Waals surface area contributed by atoms with Gasteiger partial charge in [-0.15, -0.1) is 0 Å². The fraction of sp³-hybridized carbons (Fsp3) is 0.0417. The van der Waals surface area contributed by atoms with Gasteiger partial charge in [0, 0.05) is 16.5 Å². The van der Waals surface area contributed by atoms with Crippen LogP contribution in [0.15, 0.2) is 84.9 Å². The highest BCUT2D eigenvalue weighted by Gasteiger charge is 2.08. The zero-order chi connectivity index (χ0) is 17.1. The van der Waals surface area contributed by atoms with Crippen molar-refractivity contribution in [3.8, 4) is 23.1 Å². The first-order valence-electron chi connectivity index (χ1n) is 8.33. The number of pyridine rings is 1. The first-order chi connectivity index (χ1) is 12.3. The molecule has 118 valence electrons. The van der Waals surface area contributed by atoms with Crippen LogP contribution in [0.1, 0.15) is 16.7 Å². The van der Waals surface area contributed by atoms with Crippen molar-refractivity contribution in [3.05, 3.63) is 102 Å². The van der Waals surface area contributed by atoms with Gasteiger partial charge in [-0.05, 0) is 37.3 Å². The topological polar surface area (TPSA) is 12.9 Å². The van der Waals surface area contributed by atoms with Crippen LogP contribution in [0, 0.1) is 18.8 Å². The Morgan fingerprint density at radius 1 is 0.720 bits per heavy atom. The molecule has 0 aliphatic carbocycles. The van der Waals surface area contributed by atoms with Gasteiger partial charge in [-0.1, -0.05) is 72.0 Å².